The quantitative estimate of drug-likeness (QED) is 0.614. The number of nitrogens with two attached hydrogens (primary N) is 1. The van der Waals surface area contributed by atoms with Crippen LogP contribution in [-0.2, 0) is 32.5 Å². The summed E-state index contributed by atoms with van der Waals surface area (Å²) in [5.74, 6) is -0.493. The summed E-state index contributed by atoms with van der Waals surface area (Å²) in [4.78, 5) is 23.8. The number of aryl methyl sites for hydroxylation is 1. The molecule has 0 aliphatic rings. The summed E-state index contributed by atoms with van der Waals surface area (Å²) in [6.07, 6.45) is 0.768. The molecule has 0 heterocycles. The van der Waals surface area contributed by atoms with Gasteiger partial charge in [0, 0.05) is 6.54 Å². The van der Waals surface area contributed by atoms with Crippen molar-refractivity contribution in [1.29, 1.82) is 0 Å². The maximum Gasteiger partial charge on any atom is 0.239 e. The van der Waals surface area contributed by atoms with Gasteiger partial charge in [-0.2, -0.15) is 0 Å². The van der Waals surface area contributed by atoms with Crippen LogP contribution in [0.3, 0.4) is 0 Å². The summed E-state index contributed by atoms with van der Waals surface area (Å²) in [6.45, 7) is 2.22. The molecule has 0 aromatic heterocycles. The summed E-state index contributed by atoms with van der Waals surface area (Å²) in [5, 5.41) is 10.4. The first-order chi connectivity index (χ1) is 12.8. The van der Waals surface area contributed by atoms with Crippen LogP contribution in [0.15, 0.2) is 53.4 Å². The highest BCUT2D eigenvalue weighted by molar-refractivity contribution is 7.89. The molecule has 0 saturated carbocycles. The minimum Gasteiger partial charge on any atom is -0.354 e. The van der Waals surface area contributed by atoms with Crippen molar-refractivity contribution in [1.82, 2.24) is 10.6 Å². The van der Waals surface area contributed by atoms with E-state index in [4.69, 9.17) is 5.14 Å². The van der Waals surface area contributed by atoms with E-state index in [1.54, 1.807) is 12.1 Å². The fraction of sp³-hybridized carbons (Fsp3) is 0.263. The second-order valence-corrected chi connectivity index (χ2v) is 7.73. The summed E-state index contributed by atoms with van der Waals surface area (Å²) >= 11 is 0. The molecule has 0 atom stereocenters. The maximum atomic E-state index is 11.9. The lowest BCUT2D eigenvalue weighted by molar-refractivity contribution is -0.125. The number of carbonyl (C=O) groups is 2. The van der Waals surface area contributed by atoms with Gasteiger partial charge in [-0.25, -0.2) is 13.6 Å². The Bertz CT molecular complexity index is 909. The van der Waals surface area contributed by atoms with Crippen molar-refractivity contribution in [3.63, 3.8) is 0 Å². The Hall–Kier alpha value is -2.71. The van der Waals surface area contributed by atoms with Gasteiger partial charge >= 0.3 is 0 Å². The number of carbonyl (C=O) groups excluding carboxylic acids is 2. The number of hydrogen-bond acceptors (Lipinski definition) is 4. The van der Waals surface area contributed by atoms with E-state index in [1.807, 2.05) is 31.2 Å². The van der Waals surface area contributed by atoms with Crippen molar-refractivity contribution in [3.8, 4) is 0 Å². The number of rotatable bonds is 8. The Balaban J connectivity index is 1.70. The van der Waals surface area contributed by atoms with Gasteiger partial charge in [0.05, 0.1) is 17.9 Å². The predicted octanol–water partition coefficient (Wildman–Crippen LogP) is 0.660. The number of benzene rings is 2. The monoisotopic (exact) mass is 389 g/mol. The molecule has 0 radical (unpaired) electrons. The zero-order valence-corrected chi connectivity index (χ0v) is 15.9. The largest absolute Gasteiger partial charge is 0.354 e. The lowest BCUT2D eigenvalue weighted by Crippen LogP contribution is -2.38. The zero-order chi connectivity index (χ0) is 19.9. The fourth-order valence-corrected chi connectivity index (χ4v) is 2.99. The summed E-state index contributed by atoms with van der Waals surface area (Å²) in [5.41, 5.74) is 2.83. The second kappa shape index (κ2) is 9.29. The van der Waals surface area contributed by atoms with Crippen molar-refractivity contribution in [2.24, 2.45) is 5.14 Å². The SMILES string of the molecule is Cc1ccccc1CC(=O)NCC(=O)NCCc1ccc(S(N)(=O)=O)cc1. The number of amides is 2. The first kappa shape index (κ1) is 20.6. The molecule has 0 bridgehead atoms. The Kier molecular flexibility index (Phi) is 7.09. The molecule has 0 saturated heterocycles. The van der Waals surface area contributed by atoms with Crippen LogP contribution in [0.25, 0.3) is 0 Å². The Morgan fingerprint density at radius 3 is 2.26 bits per heavy atom. The van der Waals surface area contributed by atoms with Crippen LogP contribution >= 0.6 is 0 Å². The fourth-order valence-electron chi connectivity index (χ4n) is 2.48. The van der Waals surface area contributed by atoms with Gasteiger partial charge in [-0.15, -0.1) is 0 Å². The van der Waals surface area contributed by atoms with E-state index in [2.05, 4.69) is 10.6 Å². The molecular weight excluding hydrogens is 366 g/mol. The molecule has 2 aromatic carbocycles. The molecule has 0 fully saturated rings. The first-order valence-corrected chi connectivity index (χ1v) is 10.00. The third kappa shape index (κ3) is 6.84. The van der Waals surface area contributed by atoms with Crippen LogP contribution in [-0.4, -0.2) is 33.3 Å². The van der Waals surface area contributed by atoms with Crippen LogP contribution in [0.1, 0.15) is 16.7 Å². The molecule has 7 nitrogen and oxygen atoms in total. The zero-order valence-electron chi connectivity index (χ0n) is 15.1. The van der Waals surface area contributed by atoms with Gasteiger partial charge in [0.25, 0.3) is 0 Å². The first-order valence-electron chi connectivity index (χ1n) is 8.45. The average Bonchev–Trinajstić information content (AvgIpc) is 2.62. The van der Waals surface area contributed by atoms with E-state index in [1.165, 1.54) is 12.1 Å². The molecule has 0 spiro atoms. The standard InChI is InChI=1S/C19H23N3O4S/c1-14-4-2-3-5-16(14)12-18(23)22-13-19(24)21-11-10-15-6-8-17(9-7-15)27(20,25)26/h2-9H,10-13H2,1H3,(H,21,24)(H,22,23)(H2,20,25,26). The van der Waals surface area contributed by atoms with Gasteiger partial charge < -0.3 is 10.6 Å². The summed E-state index contributed by atoms with van der Waals surface area (Å²) < 4.78 is 22.4. The third-order valence-corrected chi connectivity index (χ3v) is 4.98. The van der Waals surface area contributed by atoms with E-state index < -0.39 is 10.0 Å². The lowest BCUT2D eigenvalue weighted by Gasteiger charge is -2.08. The Labute approximate surface area is 159 Å². The predicted molar refractivity (Wildman–Crippen MR) is 102 cm³/mol. The topological polar surface area (TPSA) is 118 Å². The molecular formula is C19H23N3O4S. The molecule has 8 heteroatoms. The van der Waals surface area contributed by atoms with E-state index in [0.717, 1.165) is 16.7 Å². The second-order valence-electron chi connectivity index (χ2n) is 6.17. The molecule has 4 N–H and O–H groups in total. The molecule has 0 aliphatic carbocycles. The van der Waals surface area contributed by atoms with Crippen LogP contribution in [0, 0.1) is 6.92 Å². The minimum atomic E-state index is -3.70. The van der Waals surface area contributed by atoms with Crippen LogP contribution in [0.5, 0.6) is 0 Å². The van der Waals surface area contributed by atoms with Gasteiger partial charge in [-0.1, -0.05) is 36.4 Å². The number of sulfonamides is 1. The molecule has 2 amide bonds. The highest BCUT2D eigenvalue weighted by Crippen LogP contribution is 2.09. The van der Waals surface area contributed by atoms with Crippen molar-refractivity contribution >= 4 is 21.8 Å². The van der Waals surface area contributed by atoms with Gasteiger partial charge in [0.15, 0.2) is 0 Å². The highest BCUT2D eigenvalue weighted by Gasteiger charge is 2.09. The number of nitrogens with one attached hydrogen (secondary N) is 2. The van der Waals surface area contributed by atoms with E-state index in [-0.39, 0.29) is 29.7 Å². The van der Waals surface area contributed by atoms with Gasteiger partial charge in [0.1, 0.15) is 0 Å². The van der Waals surface area contributed by atoms with Gasteiger partial charge in [0.2, 0.25) is 21.8 Å². The smallest absolute Gasteiger partial charge is 0.239 e. The molecule has 2 rings (SSSR count). The van der Waals surface area contributed by atoms with Crippen LogP contribution in [0.4, 0.5) is 0 Å². The van der Waals surface area contributed by atoms with E-state index >= 15 is 0 Å². The molecule has 0 unspecified atom stereocenters. The summed E-state index contributed by atoms with van der Waals surface area (Å²) in [6, 6.07) is 13.8. The molecule has 144 valence electrons. The van der Waals surface area contributed by atoms with Crippen molar-refractivity contribution in [3.05, 3.63) is 65.2 Å². The average molecular weight is 389 g/mol. The Morgan fingerprint density at radius 1 is 0.963 bits per heavy atom. The number of primary sulfonamides is 1. The number of hydrogen-bond donors (Lipinski definition) is 3. The van der Waals surface area contributed by atoms with Gasteiger partial charge in [-0.05, 0) is 42.2 Å². The van der Waals surface area contributed by atoms with Crippen molar-refractivity contribution in [2.45, 2.75) is 24.7 Å². The molecule has 2 aromatic rings. The lowest BCUT2D eigenvalue weighted by atomic mass is 10.1. The molecule has 27 heavy (non-hydrogen) atoms. The highest BCUT2D eigenvalue weighted by atomic mass is 32.2. The van der Waals surface area contributed by atoms with E-state index in [0.29, 0.717) is 13.0 Å². The molecule has 0 aliphatic heterocycles. The van der Waals surface area contributed by atoms with Crippen LogP contribution < -0.4 is 15.8 Å². The van der Waals surface area contributed by atoms with Crippen molar-refractivity contribution < 1.29 is 18.0 Å². The minimum absolute atomic E-state index is 0.0478. The normalized spacial score (nSPS) is 11.0. The van der Waals surface area contributed by atoms with Crippen LogP contribution in [0.2, 0.25) is 0 Å². The third-order valence-electron chi connectivity index (χ3n) is 4.05. The van der Waals surface area contributed by atoms with Crippen molar-refractivity contribution in [2.75, 3.05) is 13.1 Å². The maximum absolute atomic E-state index is 11.9. The van der Waals surface area contributed by atoms with E-state index in [9.17, 15) is 18.0 Å². The van der Waals surface area contributed by atoms with Gasteiger partial charge in [-0.3, -0.25) is 9.59 Å². The summed E-state index contributed by atoms with van der Waals surface area (Å²) in [7, 11) is -3.70. The Morgan fingerprint density at radius 2 is 1.63 bits per heavy atom.